The first-order valence-electron chi connectivity index (χ1n) is 12.6. The molecule has 0 aromatic heterocycles. The third-order valence-electron chi connectivity index (χ3n) is 6.82. The summed E-state index contributed by atoms with van der Waals surface area (Å²) in [5, 5.41) is 15.9. The third-order valence-corrected chi connectivity index (χ3v) is 6.82. The van der Waals surface area contributed by atoms with Crippen molar-refractivity contribution in [2.24, 2.45) is 10.9 Å². The first kappa shape index (κ1) is 26.6. The molecule has 2 aliphatic heterocycles. The summed E-state index contributed by atoms with van der Waals surface area (Å²) in [6.45, 7) is 11.5. The zero-order chi connectivity index (χ0) is 27.1. The van der Waals surface area contributed by atoms with Gasteiger partial charge in [-0.25, -0.2) is 13.8 Å². The van der Waals surface area contributed by atoms with Crippen LogP contribution in [0.1, 0.15) is 30.9 Å². The van der Waals surface area contributed by atoms with Crippen LogP contribution in [0.5, 0.6) is 0 Å². The number of rotatable bonds is 7. The lowest BCUT2D eigenvalue weighted by Gasteiger charge is -2.35. The summed E-state index contributed by atoms with van der Waals surface area (Å²) in [5.41, 5.74) is 5.36. The molecule has 0 unspecified atom stereocenters. The van der Waals surface area contributed by atoms with Crippen molar-refractivity contribution in [3.63, 3.8) is 0 Å². The van der Waals surface area contributed by atoms with Crippen LogP contribution in [0.15, 0.2) is 102 Å². The molecule has 4 rings (SSSR count). The Labute approximate surface area is 222 Å². The number of allylic oxidation sites excluding steroid dienone is 3. The summed E-state index contributed by atoms with van der Waals surface area (Å²) in [4.78, 5) is 6.77. The van der Waals surface area contributed by atoms with Crippen LogP contribution in [0, 0.1) is 28.9 Å². The van der Waals surface area contributed by atoms with Crippen LogP contribution in [0.4, 0.5) is 20.2 Å². The highest BCUT2D eigenvalue weighted by atomic mass is 19.1. The lowest BCUT2D eigenvalue weighted by Crippen LogP contribution is -2.34. The smallest absolute Gasteiger partial charge is 0.129 e. The van der Waals surface area contributed by atoms with E-state index in [4.69, 9.17) is 0 Å². The molecular weight excluding hydrogens is 480 g/mol. The summed E-state index contributed by atoms with van der Waals surface area (Å²) in [6.07, 6.45) is 11.4. The quantitative estimate of drug-likeness (QED) is 0.432. The second kappa shape index (κ2) is 12.2. The highest BCUT2D eigenvalue weighted by Crippen LogP contribution is 2.34. The Morgan fingerprint density at radius 2 is 2.00 bits per heavy atom. The van der Waals surface area contributed by atoms with E-state index in [1.807, 2.05) is 43.4 Å². The maximum absolute atomic E-state index is 14.2. The summed E-state index contributed by atoms with van der Waals surface area (Å²) in [6, 6.07) is 11.6. The molecule has 2 aromatic rings. The van der Waals surface area contributed by atoms with Crippen LogP contribution < -0.4 is 15.5 Å². The van der Waals surface area contributed by atoms with E-state index in [1.54, 1.807) is 18.5 Å². The van der Waals surface area contributed by atoms with Gasteiger partial charge < -0.3 is 15.5 Å². The first-order valence-corrected chi connectivity index (χ1v) is 12.6. The Bertz CT molecular complexity index is 1390. The first-order chi connectivity index (χ1) is 18.4. The Kier molecular flexibility index (Phi) is 8.55. The van der Waals surface area contributed by atoms with Crippen molar-refractivity contribution in [3.8, 4) is 6.07 Å². The molecule has 1 fully saturated rings. The Balaban J connectivity index is 1.50. The van der Waals surface area contributed by atoms with E-state index in [-0.39, 0.29) is 0 Å². The average Bonchev–Trinajstić information content (AvgIpc) is 2.89. The number of benzene rings is 2. The topological polar surface area (TPSA) is 63.5 Å². The molecule has 0 bridgehead atoms. The molecule has 2 N–H and O–H groups in total. The minimum absolute atomic E-state index is 0.313. The van der Waals surface area contributed by atoms with E-state index in [0.717, 1.165) is 54.5 Å². The fourth-order valence-electron chi connectivity index (χ4n) is 4.75. The monoisotopic (exact) mass is 511 g/mol. The fraction of sp³-hybridized carbons (Fsp3) is 0.226. The Morgan fingerprint density at radius 3 is 2.71 bits per heavy atom. The zero-order valence-corrected chi connectivity index (χ0v) is 21.5. The number of piperidine rings is 1. The lowest BCUT2D eigenvalue weighted by atomic mass is 9.89. The number of amidine groups is 1. The zero-order valence-electron chi connectivity index (χ0n) is 21.5. The van der Waals surface area contributed by atoms with E-state index in [9.17, 15) is 14.0 Å². The second-order valence-electron chi connectivity index (χ2n) is 9.43. The highest BCUT2D eigenvalue weighted by molar-refractivity contribution is 5.94. The van der Waals surface area contributed by atoms with Crippen molar-refractivity contribution in [2.45, 2.75) is 26.2 Å². The van der Waals surface area contributed by atoms with E-state index < -0.39 is 11.6 Å². The molecule has 0 radical (unpaired) electrons. The summed E-state index contributed by atoms with van der Waals surface area (Å²) in [5.74, 6) is -0.0659. The van der Waals surface area contributed by atoms with Crippen LogP contribution in [0.3, 0.4) is 0 Å². The van der Waals surface area contributed by atoms with Crippen molar-refractivity contribution in [1.82, 2.24) is 5.32 Å². The molecule has 0 aliphatic carbocycles. The molecule has 0 saturated carbocycles. The van der Waals surface area contributed by atoms with Gasteiger partial charge in [0.05, 0.1) is 23.0 Å². The van der Waals surface area contributed by atoms with Crippen molar-refractivity contribution in [3.05, 3.63) is 120 Å². The Morgan fingerprint density at radius 1 is 1.21 bits per heavy atom. The van der Waals surface area contributed by atoms with Gasteiger partial charge in [-0.05, 0) is 79.8 Å². The molecule has 5 nitrogen and oxygen atoms in total. The summed E-state index contributed by atoms with van der Waals surface area (Å²) in [7, 11) is 0. The van der Waals surface area contributed by atoms with Crippen molar-refractivity contribution >= 4 is 17.2 Å². The standard InChI is InChI=1S/C31H31F2N5/c1-4-35-31-7-5-6-21(2)27(20-36-31)22(3)37-29-17-24(19-34)8-11-30(29)38-14-12-23(13-15-38)16-25-9-10-26(32)18-28(25)33/h4-11,17-18,20,23,37H,1,3,12-16H2,2H3,(H,35,36). The third kappa shape index (κ3) is 6.46. The van der Waals surface area contributed by atoms with Gasteiger partial charge in [0.1, 0.15) is 17.5 Å². The lowest BCUT2D eigenvalue weighted by molar-refractivity contribution is 0.397. The SMILES string of the molecule is C=CNC1=N\C=C(C(=C)Nc2cc(C#N)ccc2N2CCC(Cc3ccc(F)cc3F)CC2)\C(C)=C/C=C\1. The molecule has 0 atom stereocenters. The minimum Gasteiger partial charge on any atom is -0.370 e. The molecule has 0 spiro atoms. The maximum atomic E-state index is 14.2. The normalized spacial score (nSPS) is 20.8. The molecular formula is C31H31F2N5. The maximum Gasteiger partial charge on any atom is 0.129 e. The number of hydrogen-bond donors (Lipinski definition) is 2. The predicted molar refractivity (Wildman–Crippen MR) is 151 cm³/mol. The number of hydrogen-bond acceptors (Lipinski definition) is 5. The van der Waals surface area contributed by atoms with Crippen molar-refractivity contribution in [1.29, 1.82) is 5.26 Å². The van der Waals surface area contributed by atoms with E-state index in [2.05, 4.69) is 39.8 Å². The molecule has 2 aliphatic rings. The highest BCUT2D eigenvalue weighted by Gasteiger charge is 2.23. The number of aliphatic imine (C=N–C) groups is 1. The number of anilines is 2. The van der Waals surface area contributed by atoms with Gasteiger partial charge in [0, 0.05) is 36.6 Å². The molecule has 7 heteroatoms. The predicted octanol–water partition coefficient (Wildman–Crippen LogP) is 6.75. The largest absolute Gasteiger partial charge is 0.370 e. The van der Waals surface area contributed by atoms with Crippen LogP contribution in [-0.4, -0.2) is 18.9 Å². The van der Waals surface area contributed by atoms with E-state index in [1.165, 1.54) is 6.07 Å². The second-order valence-corrected chi connectivity index (χ2v) is 9.43. The summed E-state index contributed by atoms with van der Waals surface area (Å²) >= 11 is 0. The van der Waals surface area contributed by atoms with Crippen LogP contribution >= 0.6 is 0 Å². The van der Waals surface area contributed by atoms with Gasteiger partial charge in [-0.15, -0.1) is 0 Å². The fourth-order valence-corrected chi connectivity index (χ4v) is 4.75. The van der Waals surface area contributed by atoms with Gasteiger partial charge >= 0.3 is 0 Å². The Hall–Kier alpha value is -4.44. The van der Waals surface area contributed by atoms with E-state index >= 15 is 0 Å². The number of nitrogens with zero attached hydrogens (tertiary/aromatic N) is 3. The van der Waals surface area contributed by atoms with Gasteiger partial charge in [0.25, 0.3) is 0 Å². The van der Waals surface area contributed by atoms with E-state index in [0.29, 0.717) is 35.0 Å². The van der Waals surface area contributed by atoms with Gasteiger partial charge in [0.2, 0.25) is 0 Å². The number of nitrogens with one attached hydrogen (secondary N) is 2. The molecule has 38 heavy (non-hydrogen) atoms. The van der Waals surface area contributed by atoms with Crippen LogP contribution in [0.2, 0.25) is 0 Å². The van der Waals surface area contributed by atoms with Crippen molar-refractivity contribution in [2.75, 3.05) is 23.3 Å². The van der Waals surface area contributed by atoms with Crippen LogP contribution in [-0.2, 0) is 6.42 Å². The van der Waals surface area contributed by atoms with Crippen LogP contribution in [0.25, 0.3) is 0 Å². The van der Waals surface area contributed by atoms with Crippen molar-refractivity contribution < 1.29 is 8.78 Å². The average molecular weight is 512 g/mol. The molecule has 1 saturated heterocycles. The molecule has 194 valence electrons. The molecule has 2 aromatic carbocycles. The van der Waals surface area contributed by atoms with Gasteiger partial charge in [-0.1, -0.05) is 31.4 Å². The molecule has 0 amide bonds. The number of nitriles is 1. The number of halogens is 2. The minimum atomic E-state index is -0.554. The molecule has 2 heterocycles. The van der Waals surface area contributed by atoms with Gasteiger partial charge in [-0.2, -0.15) is 5.26 Å². The van der Waals surface area contributed by atoms with Gasteiger partial charge in [0.15, 0.2) is 0 Å². The summed E-state index contributed by atoms with van der Waals surface area (Å²) < 4.78 is 27.4. The van der Waals surface area contributed by atoms with Gasteiger partial charge in [-0.3, -0.25) is 0 Å².